The molecule has 0 saturated heterocycles. The molecule has 1 heterocycles. The van der Waals surface area contributed by atoms with Crippen molar-refractivity contribution in [1.82, 2.24) is 9.78 Å². The van der Waals surface area contributed by atoms with Gasteiger partial charge >= 0.3 is 0 Å². The molecule has 16 heavy (non-hydrogen) atoms. The van der Waals surface area contributed by atoms with Gasteiger partial charge in [-0.2, -0.15) is 5.10 Å². The lowest BCUT2D eigenvalue weighted by molar-refractivity contribution is 0.134. The molecule has 2 nitrogen and oxygen atoms in total. The minimum atomic E-state index is -2.82. The highest BCUT2D eigenvalue weighted by molar-refractivity contribution is 5.12. The minimum absolute atomic E-state index is 0.180. The fourth-order valence-corrected chi connectivity index (χ4v) is 1.31. The molecule has 0 unspecified atom stereocenters. The predicted molar refractivity (Wildman–Crippen MR) is 51.6 cm³/mol. The molecular formula is C10H14F4N2. The zero-order valence-corrected chi connectivity index (χ0v) is 9.35. The molecule has 1 rings (SSSR count). The molecule has 0 fully saturated rings. The minimum Gasteiger partial charge on any atom is -0.263 e. The molecule has 0 N–H and O–H groups in total. The standard InChI is InChI=1S/C10H14F4N2/c1-10(2,3)5-16-7(9(13)14)4-6(15-16)8(11)12/h4,8-9H,5H2,1-3H3. The van der Waals surface area contributed by atoms with Crippen molar-refractivity contribution in [2.24, 2.45) is 5.41 Å². The van der Waals surface area contributed by atoms with Crippen molar-refractivity contribution in [3.63, 3.8) is 0 Å². The fraction of sp³-hybridized carbons (Fsp3) is 0.700. The highest BCUT2D eigenvalue weighted by Crippen LogP contribution is 2.27. The van der Waals surface area contributed by atoms with E-state index < -0.39 is 24.2 Å². The summed E-state index contributed by atoms with van der Waals surface area (Å²) in [4.78, 5) is 0. The summed E-state index contributed by atoms with van der Waals surface area (Å²) in [6.45, 7) is 5.66. The van der Waals surface area contributed by atoms with E-state index in [-0.39, 0.29) is 12.0 Å². The highest BCUT2D eigenvalue weighted by Gasteiger charge is 2.23. The SMILES string of the molecule is CC(C)(C)Cn1nc(C(F)F)cc1C(F)F. The van der Waals surface area contributed by atoms with Crippen molar-refractivity contribution < 1.29 is 17.6 Å². The zero-order chi connectivity index (χ0) is 12.5. The molecule has 0 bridgehead atoms. The molecule has 0 aromatic carbocycles. The molecule has 6 heteroatoms. The Morgan fingerprint density at radius 1 is 1.19 bits per heavy atom. The van der Waals surface area contributed by atoms with Crippen LogP contribution >= 0.6 is 0 Å². The van der Waals surface area contributed by atoms with Gasteiger partial charge in [0.15, 0.2) is 0 Å². The third-order valence-corrected chi connectivity index (χ3v) is 1.90. The largest absolute Gasteiger partial charge is 0.282 e. The molecule has 0 amide bonds. The van der Waals surface area contributed by atoms with E-state index in [4.69, 9.17) is 0 Å². The average molecular weight is 238 g/mol. The van der Waals surface area contributed by atoms with Crippen LogP contribution in [0.1, 0.15) is 45.0 Å². The molecule has 0 radical (unpaired) electrons. The first-order valence-electron chi connectivity index (χ1n) is 4.84. The van der Waals surface area contributed by atoms with Crippen molar-refractivity contribution in [3.05, 3.63) is 17.5 Å². The van der Waals surface area contributed by atoms with Gasteiger partial charge in [0.25, 0.3) is 12.9 Å². The number of hydrogen-bond acceptors (Lipinski definition) is 1. The van der Waals surface area contributed by atoms with Gasteiger partial charge in [0.1, 0.15) is 11.4 Å². The van der Waals surface area contributed by atoms with Crippen LogP contribution in [0.3, 0.4) is 0 Å². The van der Waals surface area contributed by atoms with Crippen molar-refractivity contribution in [1.29, 1.82) is 0 Å². The van der Waals surface area contributed by atoms with Crippen molar-refractivity contribution >= 4 is 0 Å². The number of alkyl halides is 4. The van der Waals surface area contributed by atoms with Gasteiger partial charge in [0.2, 0.25) is 0 Å². The van der Waals surface area contributed by atoms with Crippen molar-refractivity contribution in [2.75, 3.05) is 0 Å². The van der Waals surface area contributed by atoms with E-state index in [1.807, 2.05) is 20.8 Å². The van der Waals surface area contributed by atoms with Crippen LogP contribution < -0.4 is 0 Å². The van der Waals surface area contributed by atoms with Crippen molar-refractivity contribution in [2.45, 2.75) is 40.2 Å². The number of aromatic nitrogens is 2. The lowest BCUT2D eigenvalue weighted by Gasteiger charge is -2.19. The summed E-state index contributed by atoms with van der Waals surface area (Å²) in [5, 5.41) is 3.50. The van der Waals surface area contributed by atoms with Gasteiger partial charge in [0.05, 0.1) is 0 Å². The molecule has 0 aliphatic carbocycles. The van der Waals surface area contributed by atoms with Gasteiger partial charge in [-0.3, -0.25) is 4.68 Å². The Balaban J connectivity index is 3.06. The Bertz CT molecular complexity index is 352. The summed E-state index contributed by atoms with van der Waals surface area (Å²) in [5.74, 6) is 0. The summed E-state index contributed by atoms with van der Waals surface area (Å²) in [7, 11) is 0. The second-order valence-electron chi connectivity index (χ2n) is 4.81. The maximum absolute atomic E-state index is 12.6. The van der Waals surface area contributed by atoms with Crippen LogP contribution in [0.25, 0.3) is 0 Å². The second kappa shape index (κ2) is 4.43. The van der Waals surface area contributed by atoms with E-state index in [1.54, 1.807) is 0 Å². The van der Waals surface area contributed by atoms with Crippen LogP contribution in [0, 0.1) is 5.41 Å². The molecular weight excluding hydrogens is 224 g/mol. The van der Waals surface area contributed by atoms with Gasteiger partial charge < -0.3 is 0 Å². The fourth-order valence-electron chi connectivity index (χ4n) is 1.31. The Hall–Kier alpha value is -1.07. The summed E-state index contributed by atoms with van der Waals surface area (Å²) in [6, 6.07) is 0.765. The Morgan fingerprint density at radius 3 is 2.12 bits per heavy atom. The van der Waals surface area contributed by atoms with Gasteiger partial charge in [0, 0.05) is 6.54 Å². The van der Waals surface area contributed by atoms with E-state index >= 15 is 0 Å². The first kappa shape index (κ1) is 13.0. The third kappa shape index (κ3) is 3.21. The smallest absolute Gasteiger partial charge is 0.263 e. The van der Waals surface area contributed by atoms with Gasteiger partial charge in [-0.15, -0.1) is 0 Å². The first-order chi connectivity index (χ1) is 7.20. The summed E-state index contributed by atoms with van der Waals surface area (Å²) >= 11 is 0. The van der Waals surface area contributed by atoms with Crippen LogP contribution in [-0.2, 0) is 6.54 Å². The van der Waals surface area contributed by atoms with Crippen LogP contribution in [0.5, 0.6) is 0 Å². The first-order valence-corrected chi connectivity index (χ1v) is 4.84. The molecule has 0 aliphatic rings. The van der Waals surface area contributed by atoms with Gasteiger partial charge in [-0.25, -0.2) is 17.6 Å². The van der Waals surface area contributed by atoms with Crippen LogP contribution in [0.4, 0.5) is 17.6 Å². The van der Waals surface area contributed by atoms with Gasteiger partial charge in [-0.05, 0) is 11.5 Å². The van der Waals surface area contributed by atoms with E-state index in [1.165, 1.54) is 0 Å². The molecule has 0 spiro atoms. The van der Waals surface area contributed by atoms with Crippen molar-refractivity contribution in [3.8, 4) is 0 Å². The van der Waals surface area contributed by atoms with Gasteiger partial charge in [-0.1, -0.05) is 20.8 Å². The maximum Gasteiger partial charge on any atom is 0.282 e. The van der Waals surface area contributed by atoms with E-state index in [2.05, 4.69) is 5.10 Å². The lowest BCUT2D eigenvalue weighted by Crippen LogP contribution is -2.18. The second-order valence-corrected chi connectivity index (χ2v) is 4.81. The topological polar surface area (TPSA) is 17.8 Å². The average Bonchev–Trinajstić information content (AvgIpc) is 2.44. The highest BCUT2D eigenvalue weighted by atomic mass is 19.3. The van der Waals surface area contributed by atoms with E-state index in [0.29, 0.717) is 0 Å². The Morgan fingerprint density at radius 2 is 1.75 bits per heavy atom. The summed E-state index contributed by atoms with van der Waals surface area (Å²) in [6.07, 6.45) is -5.61. The predicted octanol–water partition coefficient (Wildman–Crippen LogP) is 3.80. The zero-order valence-electron chi connectivity index (χ0n) is 9.35. The molecule has 92 valence electrons. The maximum atomic E-state index is 12.6. The summed E-state index contributed by atoms with van der Waals surface area (Å²) < 4.78 is 50.8. The molecule has 0 atom stereocenters. The van der Waals surface area contributed by atoms with Crippen LogP contribution in [0.2, 0.25) is 0 Å². The molecule has 1 aromatic heterocycles. The van der Waals surface area contributed by atoms with Crippen LogP contribution in [-0.4, -0.2) is 9.78 Å². The normalized spacial score (nSPS) is 12.8. The lowest BCUT2D eigenvalue weighted by atomic mass is 9.97. The quantitative estimate of drug-likeness (QED) is 0.732. The molecule has 0 aliphatic heterocycles. The monoisotopic (exact) mass is 238 g/mol. The number of hydrogen-bond donors (Lipinski definition) is 0. The Kier molecular flexibility index (Phi) is 3.60. The van der Waals surface area contributed by atoms with E-state index in [9.17, 15) is 17.6 Å². The molecule has 1 aromatic rings. The summed E-state index contributed by atoms with van der Waals surface area (Å²) in [5.41, 5.74) is -1.35. The third-order valence-electron chi connectivity index (χ3n) is 1.90. The van der Waals surface area contributed by atoms with Crippen LogP contribution in [0.15, 0.2) is 6.07 Å². The Labute approximate surface area is 91.3 Å². The number of rotatable bonds is 3. The number of nitrogens with zero attached hydrogens (tertiary/aromatic N) is 2. The molecule has 0 saturated carbocycles. The number of halogens is 4. The van der Waals surface area contributed by atoms with E-state index in [0.717, 1.165) is 10.7 Å².